The lowest BCUT2D eigenvalue weighted by Crippen LogP contribution is -2.38. The Morgan fingerprint density at radius 1 is 1.06 bits per heavy atom. The van der Waals surface area contributed by atoms with Crippen molar-refractivity contribution in [2.75, 3.05) is 19.8 Å². The maximum atomic E-state index is 13.6. The van der Waals surface area contributed by atoms with Crippen molar-refractivity contribution in [1.82, 2.24) is 0 Å². The fraction of sp³-hybridized carbons (Fsp3) is 0.889. The summed E-state index contributed by atoms with van der Waals surface area (Å²) < 4.78 is 24.3. The van der Waals surface area contributed by atoms with Gasteiger partial charge in [0, 0.05) is 19.1 Å². The van der Waals surface area contributed by atoms with Gasteiger partial charge in [-0.1, -0.05) is 44.8 Å². The van der Waals surface area contributed by atoms with Gasteiger partial charge in [-0.3, -0.25) is 4.79 Å². The minimum absolute atomic E-state index is 0.0214. The molecule has 0 spiro atoms. The Kier molecular flexibility index (Phi) is 9.40. The molecule has 33 heavy (non-hydrogen) atoms. The topological polar surface area (TPSA) is 74.2 Å². The third-order valence-electron chi connectivity index (χ3n) is 8.23. The zero-order chi connectivity index (χ0) is 23.1. The monoisotopic (exact) mass is 464 g/mol. The average Bonchev–Trinajstić information content (AvgIpc) is 3.37. The molecule has 4 fully saturated rings. The Balaban J connectivity index is 1.50. The van der Waals surface area contributed by atoms with Gasteiger partial charge >= 0.3 is 0 Å². The molecule has 3 unspecified atom stereocenters. The summed E-state index contributed by atoms with van der Waals surface area (Å²) in [6, 6.07) is 0. The van der Waals surface area contributed by atoms with E-state index in [1.807, 2.05) is 0 Å². The number of Topliss-reactive ketones (excluding diaryl/α,β-unsaturated/α-hetero) is 1. The van der Waals surface area contributed by atoms with Crippen LogP contribution in [0.15, 0.2) is 12.2 Å². The van der Waals surface area contributed by atoms with E-state index in [9.17, 15) is 9.90 Å². The summed E-state index contributed by atoms with van der Waals surface area (Å²) in [5.41, 5.74) is -0.653. The lowest BCUT2D eigenvalue weighted by molar-refractivity contribution is -0.195. The molecule has 6 heteroatoms. The molecule has 6 nitrogen and oxygen atoms in total. The quantitative estimate of drug-likeness (QED) is 0.345. The Morgan fingerprint density at radius 3 is 2.48 bits per heavy atom. The predicted octanol–water partition coefficient (Wildman–Crippen LogP) is 4.92. The van der Waals surface area contributed by atoms with Gasteiger partial charge in [0.25, 0.3) is 0 Å². The van der Waals surface area contributed by atoms with Gasteiger partial charge < -0.3 is 24.1 Å². The second-order valence-corrected chi connectivity index (χ2v) is 10.5. The SMILES string of the molecule is CCCCCC(C=C[C@H]1[C@H](OC2CCCCO2)C(=O)[C@]2(CO)CCC[C@H]12)OC1CCCCO1. The van der Waals surface area contributed by atoms with Crippen molar-refractivity contribution in [1.29, 1.82) is 0 Å². The molecule has 0 aromatic carbocycles. The van der Waals surface area contributed by atoms with Crippen LogP contribution in [0, 0.1) is 17.3 Å². The number of hydrogen-bond acceptors (Lipinski definition) is 6. The van der Waals surface area contributed by atoms with Crippen LogP contribution in [0.4, 0.5) is 0 Å². The van der Waals surface area contributed by atoms with Crippen LogP contribution in [0.5, 0.6) is 0 Å². The number of carbonyl (C=O) groups excluding carboxylic acids is 1. The van der Waals surface area contributed by atoms with Crippen molar-refractivity contribution >= 4 is 5.78 Å². The number of ether oxygens (including phenoxy) is 4. The molecule has 0 aromatic rings. The summed E-state index contributed by atoms with van der Waals surface area (Å²) >= 11 is 0. The number of carbonyl (C=O) groups is 1. The maximum absolute atomic E-state index is 13.6. The molecule has 2 heterocycles. The molecule has 2 aliphatic carbocycles. The lowest BCUT2D eigenvalue weighted by Gasteiger charge is -2.29. The van der Waals surface area contributed by atoms with Crippen LogP contribution in [0.25, 0.3) is 0 Å². The van der Waals surface area contributed by atoms with Gasteiger partial charge in [0.15, 0.2) is 18.4 Å². The van der Waals surface area contributed by atoms with Crippen LogP contribution in [0.1, 0.15) is 90.4 Å². The Hall–Kier alpha value is -0.790. The first-order valence-electron chi connectivity index (χ1n) is 13.6. The summed E-state index contributed by atoms with van der Waals surface area (Å²) in [5.74, 6) is 0.166. The van der Waals surface area contributed by atoms with Crippen LogP contribution in [-0.2, 0) is 23.7 Å². The first-order chi connectivity index (χ1) is 16.2. The Bertz CT molecular complexity index is 639. The number of hydrogen-bond donors (Lipinski definition) is 1. The van der Waals surface area contributed by atoms with Gasteiger partial charge in [-0.05, 0) is 63.7 Å². The molecule has 1 N–H and O–H groups in total. The van der Waals surface area contributed by atoms with Gasteiger partial charge in [0.1, 0.15) is 6.10 Å². The van der Waals surface area contributed by atoms with Gasteiger partial charge in [0.05, 0.1) is 18.1 Å². The molecule has 0 aromatic heterocycles. The standard InChI is InChI=1S/C27H44O6/c1-2-3-4-10-20(32-23-12-5-7-17-30-23)14-15-21-22-11-9-16-27(22,19-28)26(29)25(21)33-24-13-6-8-18-31-24/h14-15,20-25,28H,2-13,16-19H2,1H3/t20?,21-,22-,23?,24?,25+,27+/m1/s1. The van der Waals surface area contributed by atoms with E-state index in [1.165, 1.54) is 12.8 Å². The van der Waals surface area contributed by atoms with E-state index in [4.69, 9.17) is 18.9 Å². The van der Waals surface area contributed by atoms with E-state index in [2.05, 4.69) is 19.1 Å². The largest absolute Gasteiger partial charge is 0.395 e. The predicted molar refractivity (Wildman–Crippen MR) is 126 cm³/mol. The van der Waals surface area contributed by atoms with Crippen LogP contribution in [0.3, 0.4) is 0 Å². The Labute approximate surface area is 199 Å². The number of aliphatic hydroxyl groups excluding tert-OH is 1. The van der Waals surface area contributed by atoms with E-state index in [0.717, 1.165) is 77.2 Å². The van der Waals surface area contributed by atoms with Crippen molar-refractivity contribution in [2.45, 2.75) is 115 Å². The fourth-order valence-electron chi connectivity index (χ4n) is 6.35. The Morgan fingerprint density at radius 2 is 1.82 bits per heavy atom. The molecule has 2 saturated heterocycles. The highest BCUT2D eigenvalue weighted by Crippen LogP contribution is 2.56. The molecule has 4 aliphatic rings. The van der Waals surface area contributed by atoms with E-state index in [1.54, 1.807) is 0 Å². The van der Waals surface area contributed by atoms with Crippen molar-refractivity contribution < 1.29 is 28.8 Å². The first kappa shape index (κ1) is 25.3. The minimum atomic E-state index is -0.653. The number of rotatable bonds is 11. The molecule has 188 valence electrons. The summed E-state index contributed by atoms with van der Waals surface area (Å²) in [6.07, 6.45) is 16.6. The van der Waals surface area contributed by atoms with Gasteiger partial charge in [-0.25, -0.2) is 0 Å². The van der Waals surface area contributed by atoms with Crippen LogP contribution < -0.4 is 0 Å². The number of unbranched alkanes of at least 4 members (excludes halogenated alkanes) is 2. The maximum Gasteiger partial charge on any atom is 0.171 e. The second kappa shape index (κ2) is 12.3. The highest BCUT2D eigenvalue weighted by Gasteiger charge is 2.61. The summed E-state index contributed by atoms with van der Waals surface area (Å²) in [7, 11) is 0. The highest BCUT2D eigenvalue weighted by atomic mass is 16.7. The minimum Gasteiger partial charge on any atom is -0.395 e. The second-order valence-electron chi connectivity index (χ2n) is 10.5. The number of fused-ring (bicyclic) bond motifs is 1. The third-order valence-corrected chi connectivity index (χ3v) is 8.23. The lowest BCUT2D eigenvalue weighted by atomic mass is 9.78. The summed E-state index contributed by atoms with van der Waals surface area (Å²) in [4.78, 5) is 13.6. The molecular formula is C27H44O6. The van der Waals surface area contributed by atoms with Crippen LogP contribution >= 0.6 is 0 Å². The molecule has 2 aliphatic heterocycles. The van der Waals surface area contributed by atoms with Gasteiger partial charge in [-0.15, -0.1) is 0 Å². The van der Waals surface area contributed by atoms with Crippen molar-refractivity contribution in [3.8, 4) is 0 Å². The molecule has 4 rings (SSSR count). The highest BCUT2D eigenvalue weighted by molar-refractivity contribution is 5.93. The molecule has 7 atom stereocenters. The normalized spacial score (nSPS) is 38.1. The number of aliphatic hydroxyl groups is 1. The van der Waals surface area contributed by atoms with Crippen molar-refractivity contribution in [3.63, 3.8) is 0 Å². The van der Waals surface area contributed by atoms with E-state index in [0.29, 0.717) is 6.61 Å². The zero-order valence-electron chi connectivity index (χ0n) is 20.4. The molecule has 2 saturated carbocycles. The van der Waals surface area contributed by atoms with Gasteiger partial charge in [0.2, 0.25) is 0 Å². The van der Waals surface area contributed by atoms with Crippen LogP contribution in [-0.4, -0.2) is 55.5 Å². The smallest absolute Gasteiger partial charge is 0.171 e. The average molecular weight is 465 g/mol. The first-order valence-corrected chi connectivity index (χ1v) is 13.6. The molecular weight excluding hydrogens is 420 g/mol. The summed E-state index contributed by atoms with van der Waals surface area (Å²) in [6.45, 7) is 3.59. The number of ketones is 1. The van der Waals surface area contributed by atoms with Crippen molar-refractivity contribution in [2.24, 2.45) is 17.3 Å². The van der Waals surface area contributed by atoms with Crippen LogP contribution in [0.2, 0.25) is 0 Å². The zero-order valence-corrected chi connectivity index (χ0v) is 20.4. The molecule has 0 bridgehead atoms. The fourth-order valence-corrected chi connectivity index (χ4v) is 6.35. The summed E-state index contributed by atoms with van der Waals surface area (Å²) in [5, 5.41) is 10.3. The van der Waals surface area contributed by atoms with E-state index < -0.39 is 11.5 Å². The van der Waals surface area contributed by atoms with Gasteiger partial charge in [-0.2, -0.15) is 0 Å². The molecule has 0 radical (unpaired) electrons. The van der Waals surface area contributed by atoms with E-state index >= 15 is 0 Å². The third kappa shape index (κ3) is 5.90. The molecule has 0 amide bonds. The van der Waals surface area contributed by atoms with E-state index in [-0.39, 0.29) is 42.9 Å². The van der Waals surface area contributed by atoms with Crippen molar-refractivity contribution in [3.05, 3.63) is 12.2 Å².